The highest BCUT2D eigenvalue weighted by atomic mass is 16.5. The Hall–Kier alpha value is -2.00. The van der Waals surface area contributed by atoms with Crippen molar-refractivity contribution >= 4 is 0 Å². The number of hydrogen-bond acceptors (Lipinski definition) is 3. The van der Waals surface area contributed by atoms with E-state index in [2.05, 4.69) is 6.07 Å². The number of ether oxygens (including phenoxy) is 2. The molecule has 0 saturated heterocycles. The van der Waals surface area contributed by atoms with Gasteiger partial charge >= 0.3 is 0 Å². The zero-order valence-electron chi connectivity index (χ0n) is 12.4. The van der Waals surface area contributed by atoms with E-state index in [1.165, 1.54) is 18.4 Å². The zero-order chi connectivity index (χ0) is 14.8. The van der Waals surface area contributed by atoms with Crippen LogP contribution in [0, 0.1) is 0 Å². The second-order valence-corrected chi connectivity index (χ2v) is 5.41. The van der Waals surface area contributed by atoms with Crippen LogP contribution in [0.4, 0.5) is 0 Å². The molecule has 1 atom stereocenters. The Bertz CT molecular complexity index is 632. The maximum atomic E-state index is 10.8. The van der Waals surface area contributed by atoms with E-state index in [-0.39, 0.29) is 0 Å². The van der Waals surface area contributed by atoms with Gasteiger partial charge in [-0.15, -0.1) is 0 Å². The Labute approximate surface area is 125 Å². The van der Waals surface area contributed by atoms with Gasteiger partial charge in [0.15, 0.2) is 0 Å². The average molecular weight is 284 g/mol. The van der Waals surface area contributed by atoms with E-state index < -0.39 is 6.10 Å². The van der Waals surface area contributed by atoms with Crippen LogP contribution < -0.4 is 9.47 Å². The molecule has 1 aliphatic carbocycles. The molecular weight excluding hydrogens is 264 g/mol. The summed E-state index contributed by atoms with van der Waals surface area (Å²) in [5, 5.41) is 10.8. The Morgan fingerprint density at radius 1 is 1.00 bits per heavy atom. The quantitative estimate of drug-likeness (QED) is 0.910. The molecule has 0 bridgehead atoms. The van der Waals surface area contributed by atoms with Crippen molar-refractivity contribution in [2.45, 2.75) is 24.9 Å². The lowest BCUT2D eigenvalue weighted by Crippen LogP contribution is -2.05. The molecule has 1 saturated carbocycles. The minimum absolute atomic E-state index is 0.597. The number of aliphatic hydroxyl groups is 1. The second kappa shape index (κ2) is 5.78. The summed E-state index contributed by atoms with van der Waals surface area (Å²) in [5.41, 5.74) is 3.00. The minimum Gasteiger partial charge on any atom is -0.497 e. The molecule has 2 aromatic rings. The van der Waals surface area contributed by atoms with Gasteiger partial charge in [-0.2, -0.15) is 0 Å². The summed E-state index contributed by atoms with van der Waals surface area (Å²) in [6.45, 7) is 0. The van der Waals surface area contributed by atoms with Crippen LogP contribution in [0.3, 0.4) is 0 Å². The molecule has 1 N–H and O–H groups in total. The standard InChI is InChI=1S/C18H20O3/c1-20-13-9-10-16(17(11-13)21-2)18(19)15-6-4-3-5-14(15)12-7-8-12/h3-6,9-12,18-19H,7-8H2,1-2H3. The van der Waals surface area contributed by atoms with Gasteiger partial charge < -0.3 is 14.6 Å². The zero-order valence-corrected chi connectivity index (χ0v) is 12.4. The lowest BCUT2D eigenvalue weighted by molar-refractivity contribution is 0.213. The molecule has 0 spiro atoms. The SMILES string of the molecule is COc1ccc(C(O)c2ccccc2C2CC2)c(OC)c1. The summed E-state index contributed by atoms with van der Waals surface area (Å²) in [6.07, 6.45) is 1.75. The predicted octanol–water partition coefficient (Wildman–Crippen LogP) is 3.66. The van der Waals surface area contributed by atoms with E-state index in [0.717, 1.165) is 16.9 Å². The van der Waals surface area contributed by atoms with E-state index in [1.54, 1.807) is 20.3 Å². The fourth-order valence-electron chi connectivity index (χ4n) is 2.74. The molecule has 21 heavy (non-hydrogen) atoms. The number of methoxy groups -OCH3 is 2. The van der Waals surface area contributed by atoms with Crippen molar-refractivity contribution in [2.75, 3.05) is 14.2 Å². The van der Waals surface area contributed by atoms with Gasteiger partial charge in [-0.3, -0.25) is 0 Å². The normalized spacial score (nSPS) is 15.6. The molecule has 110 valence electrons. The van der Waals surface area contributed by atoms with Crippen molar-refractivity contribution in [1.29, 1.82) is 0 Å². The molecule has 3 heteroatoms. The van der Waals surface area contributed by atoms with Gasteiger partial charge in [-0.05, 0) is 42.0 Å². The fourth-order valence-corrected chi connectivity index (χ4v) is 2.74. The van der Waals surface area contributed by atoms with Gasteiger partial charge in [-0.25, -0.2) is 0 Å². The summed E-state index contributed by atoms with van der Waals surface area (Å²) in [7, 11) is 3.23. The fraction of sp³-hybridized carbons (Fsp3) is 0.333. The second-order valence-electron chi connectivity index (χ2n) is 5.41. The number of aliphatic hydroxyl groups excluding tert-OH is 1. The van der Waals surface area contributed by atoms with Crippen LogP contribution in [0.2, 0.25) is 0 Å². The van der Waals surface area contributed by atoms with Crippen LogP contribution in [0.15, 0.2) is 42.5 Å². The molecular formula is C18H20O3. The van der Waals surface area contributed by atoms with Crippen LogP contribution in [0.25, 0.3) is 0 Å². The Kier molecular flexibility index (Phi) is 3.84. The first-order chi connectivity index (χ1) is 10.2. The Morgan fingerprint density at radius 3 is 2.43 bits per heavy atom. The molecule has 2 aromatic carbocycles. The first kappa shape index (κ1) is 14.0. The molecule has 3 rings (SSSR count). The van der Waals surface area contributed by atoms with Crippen molar-refractivity contribution in [3.05, 3.63) is 59.2 Å². The average Bonchev–Trinajstić information content (AvgIpc) is 3.38. The third kappa shape index (κ3) is 2.74. The van der Waals surface area contributed by atoms with Crippen molar-refractivity contribution in [3.63, 3.8) is 0 Å². The number of benzene rings is 2. The van der Waals surface area contributed by atoms with Crippen LogP contribution in [0.5, 0.6) is 11.5 Å². The Morgan fingerprint density at radius 2 is 1.76 bits per heavy atom. The van der Waals surface area contributed by atoms with Gasteiger partial charge in [0, 0.05) is 11.6 Å². The van der Waals surface area contributed by atoms with E-state index in [4.69, 9.17) is 9.47 Å². The molecule has 1 fully saturated rings. The molecule has 0 heterocycles. The third-order valence-electron chi connectivity index (χ3n) is 4.04. The van der Waals surface area contributed by atoms with E-state index >= 15 is 0 Å². The van der Waals surface area contributed by atoms with Gasteiger partial charge in [0.05, 0.1) is 14.2 Å². The van der Waals surface area contributed by atoms with Crippen molar-refractivity contribution in [2.24, 2.45) is 0 Å². The van der Waals surface area contributed by atoms with E-state index in [9.17, 15) is 5.11 Å². The highest BCUT2D eigenvalue weighted by Crippen LogP contribution is 2.44. The van der Waals surface area contributed by atoms with Gasteiger partial charge in [-0.1, -0.05) is 24.3 Å². The number of rotatable bonds is 5. The molecule has 0 radical (unpaired) electrons. The summed E-state index contributed by atoms with van der Waals surface area (Å²) < 4.78 is 10.6. The molecule has 0 aromatic heterocycles. The van der Waals surface area contributed by atoms with Gasteiger partial charge in [0.2, 0.25) is 0 Å². The molecule has 1 aliphatic rings. The highest BCUT2D eigenvalue weighted by molar-refractivity contribution is 5.47. The lowest BCUT2D eigenvalue weighted by Gasteiger charge is -2.19. The molecule has 1 unspecified atom stereocenters. The maximum Gasteiger partial charge on any atom is 0.128 e. The smallest absolute Gasteiger partial charge is 0.128 e. The summed E-state index contributed by atoms with van der Waals surface area (Å²) in [5.74, 6) is 1.96. The topological polar surface area (TPSA) is 38.7 Å². The molecule has 0 amide bonds. The van der Waals surface area contributed by atoms with E-state index in [1.807, 2.05) is 30.3 Å². The predicted molar refractivity (Wildman–Crippen MR) is 82.0 cm³/mol. The van der Waals surface area contributed by atoms with Crippen LogP contribution >= 0.6 is 0 Å². The van der Waals surface area contributed by atoms with E-state index in [0.29, 0.717) is 11.7 Å². The van der Waals surface area contributed by atoms with Crippen LogP contribution in [-0.2, 0) is 0 Å². The molecule has 3 nitrogen and oxygen atoms in total. The summed E-state index contributed by atoms with van der Waals surface area (Å²) in [4.78, 5) is 0. The van der Waals surface area contributed by atoms with Crippen molar-refractivity contribution < 1.29 is 14.6 Å². The lowest BCUT2D eigenvalue weighted by atomic mass is 9.94. The summed E-state index contributed by atoms with van der Waals surface area (Å²) >= 11 is 0. The van der Waals surface area contributed by atoms with Crippen molar-refractivity contribution in [1.82, 2.24) is 0 Å². The Balaban J connectivity index is 2.00. The third-order valence-corrected chi connectivity index (χ3v) is 4.04. The monoisotopic (exact) mass is 284 g/mol. The summed E-state index contributed by atoms with van der Waals surface area (Å²) in [6, 6.07) is 13.6. The maximum absolute atomic E-state index is 10.8. The largest absolute Gasteiger partial charge is 0.497 e. The number of hydrogen-bond donors (Lipinski definition) is 1. The van der Waals surface area contributed by atoms with Gasteiger partial charge in [0.25, 0.3) is 0 Å². The first-order valence-corrected chi connectivity index (χ1v) is 7.23. The minimum atomic E-state index is -0.678. The highest BCUT2D eigenvalue weighted by Gasteiger charge is 2.28. The van der Waals surface area contributed by atoms with Crippen LogP contribution in [-0.4, -0.2) is 19.3 Å². The molecule has 0 aliphatic heterocycles. The first-order valence-electron chi connectivity index (χ1n) is 7.23. The van der Waals surface area contributed by atoms with Gasteiger partial charge in [0.1, 0.15) is 17.6 Å². The van der Waals surface area contributed by atoms with Crippen molar-refractivity contribution in [3.8, 4) is 11.5 Å². The van der Waals surface area contributed by atoms with Crippen LogP contribution in [0.1, 0.15) is 41.6 Å².